The topological polar surface area (TPSA) is 75.4 Å². The highest BCUT2D eigenvalue weighted by molar-refractivity contribution is 9.10. The lowest BCUT2D eigenvalue weighted by molar-refractivity contribution is 0.162. The molecule has 0 spiro atoms. The molecule has 8 heteroatoms. The molecule has 0 saturated heterocycles. The molecule has 0 fully saturated rings. The molecule has 110 valence electrons. The summed E-state index contributed by atoms with van der Waals surface area (Å²) in [6.07, 6.45) is 1.59. The van der Waals surface area contributed by atoms with Crippen molar-refractivity contribution < 1.29 is 13.5 Å². The van der Waals surface area contributed by atoms with Gasteiger partial charge in [-0.2, -0.15) is 5.10 Å². The van der Waals surface area contributed by atoms with Gasteiger partial charge in [0.15, 0.2) is 9.84 Å². The fourth-order valence-corrected chi connectivity index (χ4v) is 2.72. The van der Waals surface area contributed by atoms with Crippen LogP contribution in [0.4, 0.5) is 0 Å². The monoisotopic (exact) mass is 353 g/mol. The van der Waals surface area contributed by atoms with Crippen molar-refractivity contribution in [2.24, 2.45) is 0 Å². The number of halogens is 1. The molecule has 1 aromatic heterocycles. The molecule has 2 unspecified atom stereocenters. The molecule has 0 saturated carbocycles. The zero-order chi connectivity index (χ0) is 14.8. The van der Waals surface area contributed by atoms with Crippen molar-refractivity contribution in [2.45, 2.75) is 24.8 Å². The lowest BCUT2D eigenvalue weighted by atomic mass is 10.2. The van der Waals surface area contributed by atoms with E-state index in [0.29, 0.717) is 16.7 Å². The third-order valence-corrected chi connectivity index (χ3v) is 5.21. The van der Waals surface area contributed by atoms with E-state index in [-0.39, 0.29) is 0 Å². The van der Waals surface area contributed by atoms with Crippen LogP contribution in [0.2, 0.25) is 0 Å². The molecule has 0 aliphatic rings. The van der Waals surface area contributed by atoms with Crippen molar-refractivity contribution in [1.82, 2.24) is 14.7 Å². The van der Waals surface area contributed by atoms with Crippen molar-refractivity contribution in [2.75, 3.05) is 26.9 Å². The maximum Gasteiger partial charge on any atom is 0.152 e. The van der Waals surface area contributed by atoms with E-state index in [2.05, 4.69) is 21.0 Å². The van der Waals surface area contributed by atoms with E-state index < -0.39 is 21.2 Å². The molecule has 0 radical (unpaired) electrons. The molecule has 0 aliphatic heterocycles. The highest BCUT2D eigenvalue weighted by Gasteiger charge is 2.29. The first-order valence-corrected chi connectivity index (χ1v) is 8.62. The summed E-state index contributed by atoms with van der Waals surface area (Å²) in [5, 5.41) is 13.5. The normalized spacial score (nSPS) is 15.7. The minimum atomic E-state index is -3.32. The number of aromatic nitrogens is 2. The summed E-state index contributed by atoms with van der Waals surface area (Å²) < 4.78 is 25.3. The van der Waals surface area contributed by atoms with E-state index in [1.54, 1.807) is 10.9 Å². The Kier molecular flexibility index (Phi) is 5.54. The predicted molar refractivity (Wildman–Crippen MR) is 77.7 cm³/mol. The summed E-state index contributed by atoms with van der Waals surface area (Å²) >= 11 is 3.31. The maximum atomic E-state index is 11.5. The van der Waals surface area contributed by atoms with Gasteiger partial charge in [0.1, 0.15) is 6.10 Å². The predicted octanol–water partition coefficient (Wildman–Crippen LogP) is 0.674. The van der Waals surface area contributed by atoms with Gasteiger partial charge in [-0.1, -0.05) is 0 Å². The Morgan fingerprint density at radius 1 is 1.53 bits per heavy atom. The second kappa shape index (κ2) is 6.34. The smallest absolute Gasteiger partial charge is 0.152 e. The Hall–Kier alpha value is -0.440. The highest BCUT2D eigenvalue weighted by atomic mass is 79.9. The largest absolute Gasteiger partial charge is 0.385 e. The highest BCUT2D eigenvalue weighted by Crippen LogP contribution is 2.28. The van der Waals surface area contributed by atoms with Crippen molar-refractivity contribution in [1.29, 1.82) is 0 Å². The number of sulfone groups is 1. The first kappa shape index (κ1) is 16.6. The Labute approximate surface area is 122 Å². The second-order valence-corrected chi connectivity index (χ2v) is 8.14. The number of hydrogen-bond donors (Lipinski definition) is 1. The van der Waals surface area contributed by atoms with Crippen molar-refractivity contribution in [3.63, 3.8) is 0 Å². The molecule has 19 heavy (non-hydrogen) atoms. The Balaban J connectivity index is 3.02. The van der Waals surface area contributed by atoms with Crippen LogP contribution in [0.15, 0.2) is 10.7 Å². The van der Waals surface area contributed by atoms with Crippen LogP contribution in [-0.2, 0) is 16.4 Å². The average Bonchev–Trinajstić information content (AvgIpc) is 2.64. The second-order valence-electron chi connectivity index (χ2n) is 4.88. The molecule has 2 atom stereocenters. The van der Waals surface area contributed by atoms with Crippen LogP contribution < -0.4 is 0 Å². The van der Waals surface area contributed by atoms with Crippen LogP contribution in [-0.4, -0.2) is 60.4 Å². The number of rotatable bonds is 6. The van der Waals surface area contributed by atoms with E-state index in [9.17, 15) is 13.5 Å². The summed E-state index contributed by atoms with van der Waals surface area (Å²) in [6.45, 7) is 2.83. The summed E-state index contributed by atoms with van der Waals surface area (Å²) in [5.41, 5.74) is 0.500. The van der Waals surface area contributed by atoms with Gasteiger partial charge in [0.25, 0.3) is 0 Å². The molecule has 0 amide bonds. The third-order valence-electron chi connectivity index (χ3n) is 2.99. The fraction of sp³-hybridized carbons (Fsp3) is 0.727. The minimum absolute atomic E-state index is 0.500. The van der Waals surface area contributed by atoms with E-state index >= 15 is 0 Å². The van der Waals surface area contributed by atoms with Gasteiger partial charge in [0.2, 0.25) is 0 Å². The van der Waals surface area contributed by atoms with Gasteiger partial charge < -0.3 is 10.0 Å². The van der Waals surface area contributed by atoms with Gasteiger partial charge in [0.05, 0.1) is 28.2 Å². The molecule has 1 heterocycles. The fourth-order valence-electron chi connectivity index (χ4n) is 1.60. The SMILES string of the molecule is CC(C(O)c1c(Br)cnn1CCN(C)C)S(C)(=O)=O. The molecule has 0 aromatic carbocycles. The Morgan fingerprint density at radius 2 is 2.11 bits per heavy atom. The lowest BCUT2D eigenvalue weighted by Crippen LogP contribution is -2.28. The summed E-state index contributed by atoms with van der Waals surface area (Å²) in [5.74, 6) is 0. The maximum absolute atomic E-state index is 11.5. The number of likely N-dealkylation sites (N-methyl/N-ethyl adjacent to an activating group) is 1. The zero-order valence-electron chi connectivity index (χ0n) is 11.5. The summed E-state index contributed by atoms with van der Waals surface area (Å²) in [4.78, 5) is 1.99. The van der Waals surface area contributed by atoms with Gasteiger partial charge >= 0.3 is 0 Å². The van der Waals surface area contributed by atoms with Crippen LogP contribution in [0.3, 0.4) is 0 Å². The average molecular weight is 354 g/mol. The molecule has 0 aliphatic carbocycles. The third kappa shape index (κ3) is 4.27. The number of hydrogen-bond acceptors (Lipinski definition) is 5. The number of nitrogens with zero attached hydrogens (tertiary/aromatic N) is 3. The molecular weight excluding hydrogens is 334 g/mol. The van der Waals surface area contributed by atoms with E-state index in [0.717, 1.165) is 12.8 Å². The van der Waals surface area contributed by atoms with Gasteiger partial charge in [0, 0.05) is 12.8 Å². The first-order valence-electron chi connectivity index (χ1n) is 5.87. The lowest BCUT2D eigenvalue weighted by Gasteiger charge is -2.20. The molecular formula is C11H20BrN3O3S. The van der Waals surface area contributed by atoms with Crippen LogP contribution in [0.25, 0.3) is 0 Å². The zero-order valence-corrected chi connectivity index (χ0v) is 13.9. The van der Waals surface area contributed by atoms with Gasteiger partial charge in [-0.3, -0.25) is 4.68 Å². The molecule has 1 rings (SSSR count). The van der Waals surface area contributed by atoms with Crippen LogP contribution in [0.5, 0.6) is 0 Å². The van der Waals surface area contributed by atoms with E-state index in [1.807, 2.05) is 19.0 Å². The van der Waals surface area contributed by atoms with Gasteiger partial charge in [-0.15, -0.1) is 0 Å². The summed E-state index contributed by atoms with van der Waals surface area (Å²) in [7, 11) is 0.561. The molecule has 1 aromatic rings. The van der Waals surface area contributed by atoms with Crippen molar-refractivity contribution in [3.05, 3.63) is 16.4 Å². The van der Waals surface area contributed by atoms with Gasteiger partial charge in [-0.05, 0) is 36.9 Å². The van der Waals surface area contributed by atoms with Crippen LogP contribution >= 0.6 is 15.9 Å². The quantitative estimate of drug-likeness (QED) is 0.813. The van der Waals surface area contributed by atoms with Crippen molar-refractivity contribution in [3.8, 4) is 0 Å². The number of aliphatic hydroxyl groups is 1. The Morgan fingerprint density at radius 3 is 2.58 bits per heavy atom. The first-order chi connectivity index (χ1) is 8.64. The van der Waals surface area contributed by atoms with E-state index in [1.165, 1.54) is 6.92 Å². The van der Waals surface area contributed by atoms with Crippen molar-refractivity contribution >= 4 is 25.8 Å². The summed E-state index contributed by atoms with van der Waals surface area (Å²) in [6, 6.07) is 0. The number of aliphatic hydroxyl groups excluding tert-OH is 1. The minimum Gasteiger partial charge on any atom is -0.385 e. The molecule has 1 N–H and O–H groups in total. The molecule has 6 nitrogen and oxygen atoms in total. The van der Waals surface area contributed by atoms with Crippen LogP contribution in [0.1, 0.15) is 18.7 Å². The van der Waals surface area contributed by atoms with Gasteiger partial charge in [-0.25, -0.2) is 8.42 Å². The Bertz CT molecular complexity index is 527. The standard InChI is InChI=1S/C11H20BrN3O3S/c1-8(19(4,17)18)11(16)10-9(12)7-13-15(10)6-5-14(2)3/h7-8,11,16H,5-6H2,1-4H3. The molecule has 0 bridgehead atoms. The van der Waals surface area contributed by atoms with Crippen LogP contribution in [0, 0.1) is 0 Å². The van der Waals surface area contributed by atoms with E-state index in [4.69, 9.17) is 0 Å².